The summed E-state index contributed by atoms with van der Waals surface area (Å²) >= 11 is 0. The minimum Gasteiger partial charge on any atom is -0.472 e. The van der Waals surface area contributed by atoms with Crippen LogP contribution in [0.1, 0.15) is 43.7 Å². The van der Waals surface area contributed by atoms with Crippen LogP contribution in [0.2, 0.25) is 0 Å². The van der Waals surface area contributed by atoms with E-state index < -0.39 is 5.60 Å². The molecule has 14 heavy (non-hydrogen) atoms. The lowest BCUT2D eigenvalue weighted by Gasteiger charge is -2.41. The summed E-state index contributed by atoms with van der Waals surface area (Å²) in [5, 5.41) is 10.6. The predicted octanol–water partition coefficient (Wildman–Crippen LogP) is 2.99. The summed E-state index contributed by atoms with van der Waals surface area (Å²) in [6.07, 6.45) is 7.75. The van der Waals surface area contributed by atoms with E-state index in [9.17, 15) is 5.11 Å². The molecular formula is C12H18O2. The Kier molecular flexibility index (Phi) is 2.40. The van der Waals surface area contributed by atoms with E-state index in [0.29, 0.717) is 5.92 Å². The predicted molar refractivity (Wildman–Crippen MR) is 55.0 cm³/mol. The van der Waals surface area contributed by atoms with E-state index in [-0.39, 0.29) is 0 Å². The van der Waals surface area contributed by atoms with Gasteiger partial charge in [-0.25, -0.2) is 0 Å². The third-order valence-corrected chi connectivity index (χ3v) is 3.64. The summed E-state index contributed by atoms with van der Waals surface area (Å²) in [5.41, 5.74) is 1.42. The van der Waals surface area contributed by atoms with Crippen molar-refractivity contribution < 1.29 is 9.52 Å². The second-order valence-electron chi connectivity index (χ2n) is 4.37. The average Bonchev–Trinajstić information content (AvgIpc) is 2.48. The van der Waals surface area contributed by atoms with Gasteiger partial charge in [-0.15, -0.1) is 0 Å². The molecule has 78 valence electrons. The van der Waals surface area contributed by atoms with Crippen LogP contribution in [0.15, 0.2) is 16.9 Å². The van der Waals surface area contributed by atoms with Gasteiger partial charge in [0.1, 0.15) is 0 Å². The van der Waals surface area contributed by atoms with Crippen molar-refractivity contribution in [2.45, 2.75) is 45.1 Å². The van der Waals surface area contributed by atoms with Gasteiger partial charge in [0.2, 0.25) is 0 Å². The van der Waals surface area contributed by atoms with E-state index in [4.69, 9.17) is 4.42 Å². The van der Waals surface area contributed by atoms with Crippen LogP contribution in [0.4, 0.5) is 0 Å². The topological polar surface area (TPSA) is 33.4 Å². The molecule has 0 aliphatic heterocycles. The van der Waals surface area contributed by atoms with Crippen LogP contribution in [0.25, 0.3) is 0 Å². The van der Waals surface area contributed by atoms with Crippen LogP contribution in [-0.2, 0) is 5.60 Å². The third kappa shape index (κ3) is 1.29. The van der Waals surface area contributed by atoms with E-state index in [1.54, 1.807) is 12.5 Å². The van der Waals surface area contributed by atoms with Crippen molar-refractivity contribution in [3.8, 4) is 0 Å². The lowest BCUT2D eigenvalue weighted by Crippen LogP contribution is -2.38. The van der Waals surface area contributed by atoms with Gasteiger partial charge in [-0.3, -0.25) is 0 Å². The Morgan fingerprint density at radius 2 is 2.21 bits per heavy atom. The molecule has 1 aromatic heterocycles. The van der Waals surface area contributed by atoms with E-state index in [0.717, 1.165) is 30.4 Å². The van der Waals surface area contributed by atoms with Crippen LogP contribution in [0.5, 0.6) is 0 Å². The summed E-state index contributed by atoms with van der Waals surface area (Å²) in [5.74, 6) is 0.434. The molecule has 1 N–H and O–H groups in total. The summed E-state index contributed by atoms with van der Waals surface area (Å²) in [6, 6.07) is 0. The van der Waals surface area contributed by atoms with Crippen molar-refractivity contribution in [2.75, 3.05) is 0 Å². The van der Waals surface area contributed by atoms with Crippen molar-refractivity contribution in [1.82, 2.24) is 0 Å². The standard InChI is InChI=1S/C12H18O2/c1-3-12(13,10-5-4-6-10)11-8-14-7-9(11)2/h7-8,10,13H,3-6H2,1-2H3. The molecule has 1 fully saturated rings. The number of furan rings is 1. The van der Waals surface area contributed by atoms with Crippen LogP contribution in [0, 0.1) is 12.8 Å². The Morgan fingerprint density at radius 3 is 2.57 bits per heavy atom. The molecule has 1 aliphatic rings. The van der Waals surface area contributed by atoms with Crippen LogP contribution < -0.4 is 0 Å². The molecule has 2 nitrogen and oxygen atoms in total. The summed E-state index contributed by atoms with van der Waals surface area (Å²) in [4.78, 5) is 0. The zero-order valence-corrected chi connectivity index (χ0v) is 8.92. The molecule has 1 aliphatic carbocycles. The van der Waals surface area contributed by atoms with Crippen molar-refractivity contribution in [3.05, 3.63) is 23.7 Å². The Labute approximate surface area is 84.9 Å². The van der Waals surface area contributed by atoms with E-state index >= 15 is 0 Å². The molecule has 1 atom stereocenters. The first-order chi connectivity index (χ1) is 6.68. The first-order valence-corrected chi connectivity index (χ1v) is 5.44. The number of aliphatic hydroxyl groups is 1. The third-order valence-electron chi connectivity index (χ3n) is 3.64. The SMILES string of the molecule is CCC(O)(c1cocc1C)C1CCC1. The molecule has 2 rings (SSSR count). The fourth-order valence-electron chi connectivity index (χ4n) is 2.39. The first-order valence-electron chi connectivity index (χ1n) is 5.44. The number of hydrogen-bond donors (Lipinski definition) is 1. The normalized spacial score (nSPS) is 21.6. The molecular weight excluding hydrogens is 176 g/mol. The smallest absolute Gasteiger partial charge is 0.0966 e. The van der Waals surface area contributed by atoms with Crippen molar-refractivity contribution in [3.63, 3.8) is 0 Å². The maximum atomic E-state index is 10.6. The Balaban J connectivity index is 2.31. The lowest BCUT2D eigenvalue weighted by atomic mass is 9.68. The van der Waals surface area contributed by atoms with Gasteiger partial charge in [0.15, 0.2) is 0 Å². The van der Waals surface area contributed by atoms with E-state index in [1.807, 2.05) is 13.8 Å². The zero-order chi connectivity index (χ0) is 10.2. The molecule has 1 aromatic rings. The molecule has 2 heteroatoms. The number of aryl methyl sites for hydroxylation is 1. The lowest BCUT2D eigenvalue weighted by molar-refractivity contribution is -0.0602. The van der Waals surface area contributed by atoms with Gasteiger partial charge in [-0.1, -0.05) is 13.3 Å². The number of rotatable bonds is 3. The molecule has 0 bridgehead atoms. The molecule has 0 radical (unpaired) electrons. The minimum absolute atomic E-state index is 0.434. The highest BCUT2D eigenvalue weighted by atomic mass is 16.3. The quantitative estimate of drug-likeness (QED) is 0.802. The van der Waals surface area contributed by atoms with Gasteiger partial charge in [0.25, 0.3) is 0 Å². The van der Waals surface area contributed by atoms with Gasteiger partial charge < -0.3 is 9.52 Å². The Hall–Kier alpha value is -0.760. The van der Waals surface area contributed by atoms with Crippen LogP contribution >= 0.6 is 0 Å². The molecule has 0 saturated heterocycles. The fraction of sp³-hybridized carbons (Fsp3) is 0.667. The van der Waals surface area contributed by atoms with E-state index in [1.165, 1.54) is 6.42 Å². The highest BCUT2D eigenvalue weighted by molar-refractivity contribution is 5.27. The zero-order valence-electron chi connectivity index (χ0n) is 8.92. The minimum atomic E-state index is -0.644. The first kappa shape index (κ1) is 9.78. The summed E-state index contributed by atoms with van der Waals surface area (Å²) in [7, 11) is 0. The molecule has 0 aromatic carbocycles. The van der Waals surface area contributed by atoms with Crippen molar-refractivity contribution in [1.29, 1.82) is 0 Å². The maximum Gasteiger partial charge on any atom is 0.0966 e. The summed E-state index contributed by atoms with van der Waals surface area (Å²) < 4.78 is 5.15. The van der Waals surface area contributed by atoms with Gasteiger partial charge in [0.05, 0.1) is 18.1 Å². The maximum absolute atomic E-state index is 10.6. The largest absolute Gasteiger partial charge is 0.472 e. The van der Waals surface area contributed by atoms with Crippen LogP contribution in [-0.4, -0.2) is 5.11 Å². The van der Waals surface area contributed by atoms with E-state index in [2.05, 4.69) is 0 Å². The number of hydrogen-bond acceptors (Lipinski definition) is 2. The highest BCUT2D eigenvalue weighted by Crippen LogP contribution is 2.45. The second kappa shape index (κ2) is 3.43. The van der Waals surface area contributed by atoms with Gasteiger partial charge in [0, 0.05) is 5.56 Å². The van der Waals surface area contributed by atoms with Gasteiger partial charge in [-0.05, 0) is 37.7 Å². The molecule has 0 amide bonds. The molecule has 1 unspecified atom stereocenters. The summed E-state index contributed by atoms with van der Waals surface area (Å²) in [6.45, 7) is 4.04. The highest BCUT2D eigenvalue weighted by Gasteiger charge is 2.41. The van der Waals surface area contributed by atoms with Gasteiger partial charge >= 0.3 is 0 Å². The van der Waals surface area contributed by atoms with Crippen molar-refractivity contribution in [2.24, 2.45) is 5.92 Å². The second-order valence-corrected chi connectivity index (χ2v) is 4.37. The van der Waals surface area contributed by atoms with Crippen LogP contribution in [0.3, 0.4) is 0 Å². The molecule has 1 heterocycles. The molecule has 0 spiro atoms. The molecule has 1 saturated carbocycles. The average molecular weight is 194 g/mol. The van der Waals surface area contributed by atoms with Crippen molar-refractivity contribution >= 4 is 0 Å². The van der Waals surface area contributed by atoms with Gasteiger partial charge in [-0.2, -0.15) is 0 Å². The monoisotopic (exact) mass is 194 g/mol. The Morgan fingerprint density at radius 1 is 1.50 bits per heavy atom. The Bertz CT molecular complexity index is 312. The fourth-order valence-corrected chi connectivity index (χ4v) is 2.39.